The van der Waals surface area contributed by atoms with Crippen molar-refractivity contribution in [3.63, 3.8) is 0 Å². The molecule has 9 heteroatoms. The highest BCUT2D eigenvalue weighted by Crippen LogP contribution is 2.49. The Morgan fingerprint density at radius 1 is 1.45 bits per heavy atom. The molecular formula is C22H28FN5O3. The highest BCUT2D eigenvalue weighted by Gasteiger charge is 2.44. The fourth-order valence-corrected chi connectivity index (χ4v) is 5.04. The average Bonchev–Trinajstić information content (AvgIpc) is 3.47. The van der Waals surface area contributed by atoms with Crippen molar-refractivity contribution in [3.05, 3.63) is 38.3 Å². The van der Waals surface area contributed by atoms with Crippen molar-refractivity contribution in [3.8, 4) is 11.8 Å². The third-order valence-electron chi connectivity index (χ3n) is 6.64. The quantitative estimate of drug-likeness (QED) is 0.698. The molecule has 166 valence electrons. The van der Waals surface area contributed by atoms with Gasteiger partial charge < -0.3 is 10.1 Å². The summed E-state index contributed by atoms with van der Waals surface area (Å²) in [6, 6.07) is 2.94. The molecule has 0 radical (unpaired) electrons. The predicted molar refractivity (Wildman–Crippen MR) is 115 cm³/mol. The van der Waals surface area contributed by atoms with Crippen molar-refractivity contribution >= 4 is 10.9 Å². The van der Waals surface area contributed by atoms with E-state index in [0.29, 0.717) is 30.6 Å². The fourth-order valence-electron chi connectivity index (χ4n) is 5.04. The normalized spacial score (nSPS) is 22.1. The van der Waals surface area contributed by atoms with Crippen molar-refractivity contribution in [2.24, 2.45) is 5.41 Å². The van der Waals surface area contributed by atoms with Gasteiger partial charge in [-0.3, -0.25) is 19.2 Å². The van der Waals surface area contributed by atoms with Gasteiger partial charge in [0.15, 0.2) is 5.75 Å². The minimum absolute atomic E-state index is 0.0300. The largest absolute Gasteiger partial charge is 0.494 e. The monoisotopic (exact) mass is 429 g/mol. The summed E-state index contributed by atoms with van der Waals surface area (Å²) >= 11 is 0. The second-order valence-corrected chi connectivity index (χ2v) is 8.93. The summed E-state index contributed by atoms with van der Waals surface area (Å²) < 4.78 is 23.0. The zero-order chi connectivity index (χ0) is 22.3. The number of nitriles is 1. The molecule has 0 bridgehead atoms. The van der Waals surface area contributed by atoms with E-state index < -0.39 is 23.1 Å². The Balaban J connectivity index is 2.03. The number of ether oxygens (including phenoxy) is 1. The molecule has 2 fully saturated rings. The van der Waals surface area contributed by atoms with Crippen LogP contribution in [0.4, 0.5) is 4.39 Å². The highest BCUT2D eigenvalue weighted by molar-refractivity contribution is 5.86. The molecular weight excluding hydrogens is 401 g/mol. The van der Waals surface area contributed by atoms with Crippen molar-refractivity contribution in [1.29, 1.82) is 5.26 Å². The molecule has 31 heavy (non-hydrogen) atoms. The first kappa shape index (κ1) is 21.5. The molecule has 1 aliphatic carbocycles. The number of hydrogen-bond donors (Lipinski definition) is 2. The van der Waals surface area contributed by atoms with Crippen LogP contribution in [-0.4, -0.2) is 48.2 Å². The molecule has 2 N–H and O–H groups in total. The summed E-state index contributed by atoms with van der Waals surface area (Å²) in [5, 5.41) is 12.6. The molecule has 8 nitrogen and oxygen atoms in total. The maximum Gasteiger partial charge on any atom is 0.329 e. The number of H-pyrrole nitrogens is 1. The van der Waals surface area contributed by atoms with Crippen molar-refractivity contribution in [1.82, 2.24) is 19.8 Å². The summed E-state index contributed by atoms with van der Waals surface area (Å²) in [6.45, 7) is 4.04. The van der Waals surface area contributed by atoms with Gasteiger partial charge in [-0.2, -0.15) is 5.26 Å². The summed E-state index contributed by atoms with van der Waals surface area (Å²) in [5.41, 5.74) is -0.759. The maximum atomic E-state index is 15.7. The van der Waals surface area contributed by atoms with Gasteiger partial charge in [-0.15, -0.1) is 0 Å². The minimum Gasteiger partial charge on any atom is -0.494 e. The van der Waals surface area contributed by atoms with E-state index in [0.717, 1.165) is 25.8 Å². The van der Waals surface area contributed by atoms with Crippen LogP contribution in [0, 0.1) is 22.6 Å². The lowest BCUT2D eigenvalue weighted by atomic mass is 9.76. The molecule has 0 spiro atoms. The number of benzene rings is 1. The first-order valence-electron chi connectivity index (χ1n) is 10.6. The molecule has 1 saturated heterocycles. The van der Waals surface area contributed by atoms with Crippen LogP contribution in [0.15, 0.2) is 15.7 Å². The number of nitrogens with one attached hydrogen (secondary N) is 2. The van der Waals surface area contributed by atoms with E-state index in [-0.39, 0.29) is 22.6 Å². The first-order chi connectivity index (χ1) is 14.8. The molecule has 2 aromatic rings. The average molecular weight is 429 g/mol. The molecule has 1 aromatic heterocycles. The molecule has 1 aliphatic heterocycles. The fraction of sp³-hybridized carbons (Fsp3) is 0.591. The van der Waals surface area contributed by atoms with Crippen LogP contribution in [0.3, 0.4) is 0 Å². The Morgan fingerprint density at radius 3 is 2.77 bits per heavy atom. The number of aromatic nitrogens is 2. The topological polar surface area (TPSA) is 103 Å². The van der Waals surface area contributed by atoms with E-state index in [2.05, 4.69) is 23.3 Å². The van der Waals surface area contributed by atoms with Crippen LogP contribution in [0.25, 0.3) is 10.9 Å². The van der Waals surface area contributed by atoms with Gasteiger partial charge in [-0.05, 0) is 38.9 Å². The van der Waals surface area contributed by atoms with E-state index in [1.807, 2.05) is 11.9 Å². The van der Waals surface area contributed by atoms with E-state index in [9.17, 15) is 9.59 Å². The number of fused-ring (bicyclic) bond motifs is 1. The van der Waals surface area contributed by atoms with Crippen LogP contribution in [-0.2, 0) is 0 Å². The Bertz CT molecular complexity index is 1150. The van der Waals surface area contributed by atoms with E-state index in [4.69, 9.17) is 10.00 Å². The molecule has 1 saturated carbocycles. The van der Waals surface area contributed by atoms with Gasteiger partial charge in [0.2, 0.25) is 0 Å². The molecule has 2 unspecified atom stereocenters. The smallest absolute Gasteiger partial charge is 0.329 e. The number of aromatic amines is 1. The van der Waals surface area contributed by atoms with E-state index >= 15 is 4.39 Å². The molecule has 0 amide bonds. The van der Waals surface area contributed by atoms with Gasteiger partial charge in [0.1, 0.15) is 11.3 Å². The molecule has 4 rings (SSSR count). The van der Waals surface area contributed by atoms with Gasteiger partial charge >= 0.3 is 5.69 Å². The van der Waals surface area contributed by atoms with Gasteiger partial charge in [0, 0.05) is 42.6 Å². The Morgan fingerprint density at radius 2 is 2.19 bits per heavy atom. The number of halogens is 1. The number of methoxy groups -OCH3 is 1. The summed E-state index contributed by atoms with van der Waals surface area (Å²) in [6.07, 6.45) is 2.77. The number of hydrogen-bond acceptors (Lipinski definition) is 6. The van der Waals surface area contributed by atoms with Crippen molar-refractivity contribution in [2.75, 3.05) is 33.8 Å². The van der Waals surface area contributed by atoms with Crippen molar-refractivity contribution in [2.45, 2.75) is 44.7 Å². The maximum absolute atomic E-state index is 15.7. The highest BCUT2D eigenvalue weighted by atomic mass is 19.1. The molecule has 2 aliphatic rings. The second kappa shape index (κ2) is 8.09. The third-order valence-corrected chi connectivity index (χ3v) is 6.64. The van der Waals surface area contributed by atoms with Crippen LogP contribution in [0.2, 0.25) is 0 Å². The summed E-state index contributed by atoms with van der Waals surface area (Å²) in [5.74, 6) is -0.315. The van der Waals surface area contributed by atoms with Crippen LogP contribution in [0.1, 0.15) is 50.3 Å². The molecule has 2 atom stereocenters. The lowest BCUT2D eigenvalue weighted by Gasteiger charge is -2.41. The van der Waals surface area contributed by atoms with Crippen LogP contribution < -0.4 is 21.3 Å². The SMILES string of the molecule is COc1c(C(N(C)CCC#N)C2(C)CCNC2)c(F)cc2c(=O)[nH]c(=O)n(C3CC3)c12. The zero-order valence-corrected chi connectivity index (χ0v) is 18.1. The lowest BCUT2D eigenvalue weighted by molar-refractivity contribution is 0.108. The number of nitrogens with zero attached hydrogens (tertiary/aromatic N) is 3. The summed E-state index contributed by atoms with van der Waals surface area (Å²) in [4.78, 5) is 29.5. The minimum atomic E-state index is -0.622. The number of rotatable bonds is 7. The van der Waals surface area contributed by atoms with Gasteiger partial charge in [-0.1, -0.05) is 6.92 Å². The molecule has 1 aromatic carbocycles. The van der Waals surface area contributed by atoms with Crippen molar-refractivity contribution < 1.29 is 9.13 Å². The Kier molecular flexibility index (Phi) is 5.62. The lowest BCUT2D eigenvalue weighted by Crippen LogP contribution is -2.40. The Hall–Kier alpha value is -2.70. The van der Waals surface area contributed by atoms with Gasteiger partial charge in [-0.25, -0.2) is 9.18 Å². The first-order valence-corrected chi connectivity index (χ1v) is 10.6. The zero-order valence-electron chi connectivity index (χ0n) is 18.1. The van der Waals surface area contributed by atoms with Crippen LogP contribution in [0.5, 0.6) is 5.75 Å². The predicted octanol–water partition coefficient (Wildman–Crippen LogP) is 2.06. The third kappa shape index (κ3) is 3.64. The van der Waals surface area contributed by atoms with Crippen LogP contribution >= 0.6 is 0 Å². The molecule has 2 heterocycles. The van der Waals surface area contributed by atoms with E-state index in [1.54, 1.807) is 4.57 Å². The van der Waals surface area contributed by atoms with E-state index in [1.165, 1.54) is 13.2 Å². The van der Waals surface area contributed by atoms with Gasteiger partial charge in [0.25, 0.3) is 5.56 Å². The van der Waals surface area contributed by atoms with Gasteiger partial charge in [0.05, 0.1) is 18.6 Å². The summed E-state index contributed by atoms with van der Waals surface area (Å²) in [7, 11) is 3.32. The second-order valence-electron chi connectivity index (χ2n) is 8.93. The Labute approximate surface area is 179 Å². The standard InChI is InChI=1S/C22H28FN5O3/c1-22(7-9-25-12-22)19(27(2)10-4-8-24)16-15(23)11-14-17(18(16)31-3)28(13-5-6-13)21(30)26-20(14)29/h11,13,19,25H,4-7,9-10,12H2,1-3H3,(H,26,29,30).